The van der Waals surface area contributed by atoms with Crippen LogP contribution in [0.3, 0.4) is 0 Å². The van der Waals surface area contributed by atoms with Crippen LogP contribution in [0.4, 0.5) is 0 Å². The van der Waals surface area contributed by atoms with E-state index in [0.29, 0.717) is 0 Å². The molecule has 2 nitrogen and oxygen atoms in total. The fourth-order valence-electron chi connectivity index (χ4n) is 0. The minimum atomic E-state index is 0. The number of rotatable bonds is 0. The first-order chi connectivity index (χ1) is 0. The second-order valence-corrected chi connectivity index (χ2v) is 0. The average molecular weight is 213 g/mol. The summed E-state index contributed by atoms with van der Waals surface area (Å²) in [6.45, 7) is 0. The molecule has 0 atom stereocenters. The maximum atomic E-state index is 0. The summed E-state index contributed by atoms with van der Waals surface area (Å²) >= 11 is 0. The molecule has 0 bridgehead atoms. The summed E-state index contributed by atoms with van der Waals surface area (Å²) in [5.41, 5.74) is 0. The second kappa shape index (κ2) is 17.2. The fourth-order valence-corrected chi connectivity index (χ4v) is 0. The Kier molecular flexibility index (Phi) is 127. The maximum absolute atomic E-state index is 0. The topological polar surface area (TPSA) is 60.0 Å². The van der Waals surface area contributed by atoms with Gasteiger partial charge in [0.25, 0.3) is 0 Å². The Bertz CT molecular complexity index is 6.00. The van der Waals surface area contributed by atoms with Gasteiger partial charge in [-0.1, -0.05) is 0 Å². The van der Waals surface area contributed by atoms with Crippen molar-refractivity contribution in [2.75, 3.05) is 0 Å². The molecule has 0 fully saturated rings. The summed E-state index contributed by atoms with van der Waals surface area (Å²) in [5.74, 6) is 0. The van der Waals surface area contributed by atoms with E-state index in [1.807, 2.05) is 0 Å². The van der Waals surface area contributed by atoms with E-state index in [1.165, 1.54) is 0 Å². The van der Waals surface area contributed by atoms with Gasteiger partial charge in [0.05, 0.1) is 0 Å². The molecule has 0 aliphatic heterocycles. The van der Waals surface area contributed by atoms with Gasteiger partial charge in [-0.05, 0) is 0 Å². The monoisotopic (exact) mass is 214 g/mol. The van der Waals surface area contributed by atoms with Gasteiger partial charge in [0.1, 0.15) is 0 Å². The van der Waals surface area contributed by atoms with Crippen LogP contribution in [0.1, 0.15) is 0 Å². The van der Waals surface area contributed by atoms with Crippen molar-refractivity contribution >= 4 is 86.6 Å². The van der Waals surface area contributed by atoms with E-state index >= 15 is 0 Å². The predicted molar refractivity (Wildman–Crippen MR) is 18.2 cm³/mol. The molecule has 0 saturated carbocycles. The van der Waals surface area contributed by atoms with Gasteiger partial charge in [0.15, 0.2) is 0 Å². The first kappa shape index (κ1) is 29.5. The Balaban J connectivity index is 0. The smallest absolute Gasteiger partial charge is 0.870 e. The van der Waals surface area contributed by atoms with E-state index in [4.69, 9.17) is 0 Å². The number of hydrogen-bond acceptors (Lipinski definition) is 2. The number of hydrogen-bond donors (Lipinski definition) is 0. The quantitative estimate of drug-likeness (QED) is 0.453. The van der Waals surface area contributed by atoms with Crippen LogP contribution in [0, 0.1) is 0 Å². The standard InChI is InChI=1S/Ba.Ca.2H2O.2H/h;;2*1H2;;/q;+2;;;;/p-2. The molecular weight excluding hydrogens is 209 g/mol. The Morgan fingerprint density at radius 3 is 0.750 bits per heavy atom. The van der Waals surface area contributed by atoms with Crippen LogP contribution in [-0.4, -0.2) is 97.6 Å². The third-order valence-corrected chi connectivity index (χ3v) is 0. The third-order valence-electron chi connectivity index (χ3n) is 0. The SMILES string of the molecule is [BaH2].[Ca+2].[OH-].[OH-]. The first-order valence-electron chi connectivity index (χ1n) is 0. The molecule has 0 radical (unpaired) electrons. The van der Waals surface area contributed by atoms with Gasteiger partial charge >= 0.3 is 86.6 Å². The summed E-state index contributed by atoms with van der Waals surface area (Å²) in [6, 6.07) is 0. The van der Waals surface area contributed by atoms with Crippen LogP contribution in [-0.2, 0) is 0 Å². The van der Waals surface area contributed by atoms with Crippen molar-refractivity contribution < 1.29 is 11.0 Å². The Morgan fingerprint density at radius 1 is 0.750 bits per heavy atom. The molecule has 0 aliphatic rings. The van der Waals surface area contributed by atoms with Crippen LogP contribution in [0.5, 0.6) is 0 Å². The van der Waals surface area contributed by atoms with Crippen molar-refractivity contribution in [1.29, 1.82) is 0 Å². The summed E-state index contributed by atoms with van der Waals surface area (Å²) in [5, 5.41) is 0. The van der Waals surface area contributed by atoms with Gasteiger partial charge in [0.2, 0.25) is 0 Å². The molecule has 0 amide bonds. The van der Waals surface area contributed by atoms with Crippen molar-refractivity contribution in [2.45, 2.75) is 0 Å². The molecule has 2 N–H and O–H groups in total. The molecule has 0 aromatic rings. The van der Waals surface area contributed by atoms with E-state index < -0.39 is 0 Å². The van der Waals surface area contributed by atoms with Crippen LogP contribution in [0.15, 0.2) is 0 Å². The Morgan fingerprint density at radius 2 is 0.750 bits per heavy atom. The van der Waals surface area contributed by atoms with Gasteiger partial charge in [-0.2, -0.15) is 0 Å². The minimum absolute atomic E-state index is 0. The van der Waals surface area contributed by atoms with E-state index in [2.05, 4.69) is 0 Å². The van der Waals surface area contributed by atoms with Gasteiger partial charge in [-0.25, -0.2) is 0 Å². The van der Waals surface area contributed by atoms with Gasteiger partial charge in [-0.3, -0.25) is 0 Å². The molecule has 0 aliphatic carbocycles. The summed E-state index contributed by atoms with van der Waals surface area (Å²) in [6.07, 6.45) is 0. The molecule has 0 rings (SSSR count). The van der Waals surface area contributed by atoms with Crippen molar-refractivity contribution in [3.8, 4) is 0 Å². The molecule has 4 heavy (non-hydrogen) atoms. The molecule has 0 unspecified atom stereocenters. The minimum Gasteiger partial charge on any atom is -0.870 e. The van der Waals surface area contributed by atoms with Crippen molar-refractivity contribution in [3.63, 3.8) is 0 Å². The molecule has 0 spiro atoms. The van der Waals surface area contributed by atoms with Crippen LogP contribution in [0.2, 0.25) is 0 Å². The van der Waals surface area contributed by atoms with E-state index in [-0.39, 0.29) is 97.6 Å². The van der Waals surface area contributed by atoms with E-state index in [0.717, 1.165) is 0 Å². The van der Waals surface area contributed by atoms with Crippen molar-refractivity contribution in [1.82, 2.24) is 0 Å². The zero-order chi connectivity index (χ0) is 0. The normalized spacial score (nSPS) is 0. The van der Waals surface area contributed by atoms with Gasteiger partial charge in [0, 0.05) is 0 Å². The molecule has 0 aromatic carbocycles. The molecule has 0 saturated heterocycles. The third kappa shape index (κ3) is 8.83. The molecule has 0 aromatic heterocycles. The molecule has 0 heterocycles. The fraction of sp³-hybridized carbons (Fsp3) is 0. The summed E-state index contributed by atoms with van der Waals surface area (Å²) < 4.78 is 0. The van der Waals surface area contributed by atoms with Crippen LogP contribution >= 0.6 is 0 Å². The zero-order valence-electron chi connectivity index (χ0n) is 1.60. The molecule has 4 heteroatoms. The van der Waals surface area contributed by atoms with Crippen LogP contribution < -0.4 is 0 Å². The van der Waals surface area contributed by atoms with Gasteiger partial charge < -0.3 is 11.0 Å². The maximum Gasteiger partial charge on any atom is 2.00 e. The predicted octanol–water partition coefficient (Wildman–Crippen LogP) is -1.65. The Hall–Kier alpha value is 2.75. The van der Waals surface area contributed by atoms with Crippen LogP contribution in [0.25, 0.3) is 0 Å². The first-order valence-corrected chi connectivity index (χ1v) is 0. The van der Waals surface area contributed by atoms with Crippen molar-refractivity contribution in [3.05, 3.63) is 0 Å². The second-order valence-electron chi connectivity index (χ2n) is 0. The van der Waals surface area contributed by atoms with Crippen molar-refractivity contribution in [2.24, 2.45) is 0 Å². The summed E-state index contributed by atoms with van der Waals surface area (Å²) in [4.78, 5) is 0. The summed E-state index contributed by atoms with van der Waals surface area (Å²) in [7, 11) is 0. The van der Waals surface area contributed by atoms with E-state index in [9.17, 15) is 0 Å². The van der Waals surface area contributed by atoms with Gasteiger partial charge in [-0.15, -0.1) is 0 Å². The Labute approximate surface area is 95.0 Å². The largest absolute Gasteiger partial charge is 2.00 e. The average Bonchev–Trinajstić information content (AvgIpc) is 0. The molecule has 20 valence electrons. The zero-order valence-corrected chi connectivity index (χ0v) is 3.81. The van der Waals surface area contributed by atoms with E-state index in [1.54, 1.807) is 0 Å². The molecular formula is H4BaCaO2.